The van der Waals surface area contributed by atoms with Crippen molar-refractivity contribution in [2.45, 2.75) is 20.3 Å². The Bertz CT molecular complexity index is 236. The first-order valence-corrected chi connectivity index (χ1v) is 4.86. The average Bonchev–Trinajstić information content (AvgIpc) is 2.18. The van der Waals surface area contributed by atoms with Crippen molar-refractivity contribution < 1.29 is 14.6 Å². The predicted octanol–water partition coefficient (Wildman–Crippen LogP) is 1.36. The first-order chi connectivity index (χ1) is 6.65. The van der Waals surface area contributed by atoms with Crippen LogP contribution >= 0.6 is 0 Å². The zero-order valence-electron chi connectivity index (χ0n) is 8.69. The van der Waals surface area contributed by atoms with Crippen LogP contribution in [0.1, 0.15) is 20.3 Å². The molecule has 4 heteroatoms. The van der Waals surface area contributed by atoms with Gasteiger partial charge in [-0.25, -0.2) is 4.79 Å². The Labute approximate surface area is 84.2 Å². The van der Waals surface area contributed by atoms with Gasteiger partial charge < -0.3 is 14.7 Å². The zero-order valence-corrected chi connectivity index (χ0v) is 8.69. The highest BCUT2D eigenvalue weighted by Crippen LogP contribution is 2.17. The van der Waals surface area contributed by atoms with E-state index >= 15 is 0 Å². The van der Waals surface area contributed by atoms with E-state index in [0.717, 1.165) is 6.42 Å². The quantitative estimate of drug-likeness (QED) is 0.539. The van der Waals surface area contributed by atoms with E-state index in [9.17, 15) is 4.79 Å². The fourth-order valence-corrected chi connectivity index (χ4v) is 1.49. The van der Waals surface area contributed by atoms with Crippen molar-refractivity contribution in [1.82, 2.24) is 4.90 Å². The third-order valence-electron chi connectivity index (χ3n) is 2.37. The molecule has 0 bridgehead atoms. The van der Waals surface area contributed by atoms with Crippen LogP contribution in [0.4, 0.5) is 4.79 Å². The summed E-state index contributed by atoms with van der Waals surface area (Å²) in [5, 5.41) is 8.46. The molecule has 0 unspecified atom stereocenters. The summed E-state index contributed by atoms with van der Waals surface area (Å²) in [5.74, 6) is 0.458. The average molecular weight is 199 g/mol. The summed E-state index contributed by atoms with van der Waals surface area (Å²) in [6.45, 7) is 4.96. The Kier molecular flexibility index (Phi) is 3.95. The van der Waals surface area contributed by atoms with Crippen LogP contribution in [0.2, 0.25) is 0 Å². The van der Waals surface area contributed by atoms with Crippen LogP contribution in [-0.2, 0) is 4.74 Å². The molecule has 0 atom stereocenters. The van der Waals surface area contributed by atoms with Gasteiger partial charge in [-0.05, 0) is 12.3 Å². The highest BCUT2D eigenvalue weighted by atomic mass is 16.6. The van der Waals surface area contributed by atoms with E-state index < -0.39 is 12.9 Å². The molecule has 1 aliphatic rings. The first-order valence-electron chi connectivity index (χ1n) is 4.86. The van der Waals surface area contributed by atoms with E-state index in [1.165, 1.54) is 5.57 Å². The van der Waals surface area contributed by atoms with Gasteiger partial charge in [0, 0.05) is 13.1 Å². The van der Waals surface area contributed by atoms with Crippen LogP contribution in [0.25, 0.3) is 0 Å². The number of hydrogen-bond acceptors (Lipinski definition) is 3. The molecule has 1 rings (SSSR count). The molecule has 0 saturated heterocycles. The standard InChI is InChI=1S/C10H17NO3/c1-8(2)9-4-3-5-11(6-9)10(13)14-7-12/h4,8,12H,3,5-7H2,1-2H3. The van der Waals surface area contributed by atoms with Crippen LogP contribution in [-0.4, -0.2) is 36.0 Å². The molecule has 0 saturated carbocycles. The molecular formula is C10H17NO3. The van der Waals surface area contributed by atoms with E-state index in [4.69, 9.17) is 5.11 Å². The molecule has 4 nitrogen and oxygen atoms in total. The van der Waals surface area contributed by atoms with E-state index in [-0.39, 0.29) is 0 Å². The van der Waals surface area contributed by atoms with E-state index in [1.54, 1.807) is 4.90 Å². The third-order valence-corrected chi connectivity index (χ3v) is 2.37. The highest BCUT2D eigenvalue weighted by molar-refractivity contribution is 5.68. The van der Waals surface area contributed by atoms with Gasteiger partial charge in [-0.2, -0.15) is 0 Å². The molecular weight excluding hydrogens is 182 g/mol. The number of hydrogen-bond donors (Lipinski definition) is 1. The number of amides is 1. The fourth-order valence-electron chi connectivity index (χ4n) is 1.49. The first kappa shape index (κ1) is 11.0. The molecule has 80 valence electrons. The molecule has 0 fully saturated rings. The van der Waals surface area contributed by atoms with E-state index in [2.05, 4.69) is 24.7 Å². The molecule has 1 heterocycles. The SMILES string of the molecule is CC(C)C1=CCCN(C(=O)OCO)C1. The van der Waals surface area contributed by atoms with Gasteiger partial charge in [0.1, 0.15) is 0 Å². The molecule has 0 aromatic heterocycles. The summed E-state index contributed by atoms with van der Waals surface area (Å²) in [7, 11) is 0. The smallest absolute Gasteiger partial charge is 0.412 e. The minimum atomic E-state index is -0.546. The number of aliphatic hydroxyl groups excluding tert-OH is 1. The molecule has 1 aliphatic heterocycles. The summed E-state index contributed by atoms with van der Waals surface area (Å²) >= 11 is 0. The van der Waals surface area contributed by atoms with Gasteiger partial charge >= 0.3 is 6.09 Å². The number of nitrogens with zero attached hydrogens (tertiary/aromatic N) is 1. The second-order valence-corrected chi connectivity index (χ2v) is 3.68. The van der Waals surface area contributed by atoms with Crippen LogP contribution < -0.4 is 0 Å². The molecule has 0 spiro atoms. The van der Waals surface area contributed by atoms with Gasteiger partial charge in [0.2, 0.25) is 0 Å². The molecule has 0 aromatic carbocycles. The largest absolute Gasteiger partial charge is 0.422 e. The van der Waals surface area contributed by atoms with Crippen LogP contribution in [0.5, 0.6) is 0 Å². The summed E-state index contributed by atoms with van der Waals surface area (Å²) in [6.07, 6.45) is 2.61. The van der Waals surface area contributed by atoms with Crippen molar-refractivity contribution >= 4 is 6.09 Å². The van der Waals surface area contributed by atoms with Gasteiger partial charge in [-0.3, -0.25) is 0 Å². The maximum absolute atomic E-state index is 11.3. The molecule has 1 amide bonds. The topological polar surface area (TPSA) is 49.8 Å². The predicted molar refractivity (Wildman–Crippen MR) is 52.7 cm³/mol. The lowest BCUT2D eigenvalue weighted by molar-refractivity contribution is 0.0228. The zero-order chi connectivity index (χ0) is 10.6. The lowest BCUT2D eigenvalue weighted by Crippen LogP contribution is -2.37. The van der Waals surface area contributed by atoms with Crippen LogP contribution in [0, 0.1) is 5.92 Å². The second kappa shape index (κ2) is 5.00. The summed E-state index contributed by atoms with van der Waals surface area (Å²) in [4.78, 5) is 12.9. The number of ether oxygens (including phenoxy) is 1. The number of carbonyl (C=O) groups is 1. The maximum atomic E-state index is 11.3. The summed E-state index contributed by atoms with van der Waals surface area (Å²) in [5.41, 5.74) is 1.26. The van der Waals surface area contributed by atoms with Crippen molar-refractivity contribution in [2.24, 2.45) is 5.92 Å². The Morgan fingerprint density at radius 3 is 3.00 bits per heavy atom. The van der Waals surface area contributed by atoms with Gasteiger partial charge in [0.25, 0.3) is 0 Å². The normalized spacial score (nSPS) is 16.9. The minimum Gasteiger partial charge on any atom is -0.422 e. The molecule has 0 radical (unpaired) electrons. The second-order valence-electron chi connectivity index (χ2n) is 3.68. The number of rotatable bonds is 2. The van der Waals surface area contributed by atoms with E-state index in [1.807, 2.05) is 0 Å². The maximum Gasteiger partial charge on any atom is 0.412 e. The third kappa shape index (κ3) is 2.73. The Balaban J connectivity index is 2.52. The Morgan fingerprint density at radius 2 is 2.43 bits per heavy atom. The van der Waals surface area contributed by atoms with Gasteiger partial charge in [0.05, 0.1) is 0 Å². The van der Waals surface area contributed by atoms with Crippen molar-refractivity contribution in [3.8, 4) is 0 Å². The summed E-state index contributed by atoms with van der Waals surface area (Å²) < 4.78 is 4.52. The van der Waals surface area contributed by atoms with Crippen molar-refractivity contribution in [2.75, 3.05) is 19.9 Å². The minimum absolute atomic E-state index is 0.432. The summed E-state index contributed by atoms with van der Waals surface area (Å²) in [6, 6.07) is 0. The molecule has 1 N–H and O–H groups in total. The van der Waals surface area contributed by atoms with Crippen LogP contribution in [0.3, 0.4) is 0 Å². The Morgan fingerprint density at radius 1 is 1.71 bits per heavy atom. The lowest BCUT2D eigenvalue weighted by Gasteiger charge is -2.27. The van der Waals surface area contributed by atoms with Crippen LogP contribution in [0.15, 0.2) is 11.6 Å². The van der Waals surface area contributed by atoms with Gasteiger partial charge in [-0.1, -0.05) is 25.5 Å². The fraction of sp³-hybridized carbons (Fsp3) is 0.700. The Hall–Kier alpha value is -1.03. The van der Waals surface area contributed by atoms with Gasteiger partial charge in [0.15, 0.2) is 6.79 Å². The van der Waals surface area contributed by atoms with Crippen molar-refractivity contribution in [1.29, 1.82) is 0 Å². The molecule has 0 aromatic rings. The highest BCUT2D eigenvalue weighted by Gasteiger charge is 2.20. The number of carbonyl (C=O) groups excluding carboxylic acids is 1. The lowest BCUT2D eigenvalue weighted by atomic mass is 9.99. The molecule has 0 aliphatic carbocycles. The van der Waals surface area contributed by atoms with Gasteiger partial charge in [-0.15, -0.1) is 0 Å². The van der Waals surface area contributed by atoms with Crippen molar-refractivity contribution in [3.63, 3.8) is 0 Å². The van der Waals surface area contributed by atoms with E-state index in [0.29, 0.717) is 19.0 Å². The monoisotopic (exact) mass is 199 g/mol. The molecule has 14 heavy (non-hydrogen) atoms. The van der Waals surface area contributed by atoms with Crippen molar-refractivity contribution in [3.05, 3.63) is 11.6 Å². The number of aliphatic hydroxyl groups is 1.